The topological polar surface area (TPSA) is 103 Å². The minimum Gasteiger partial charge on any atom is -0.378 e. The average Bonchev–Trinajstić information content (AvgIpc) is 3.27. The number of sulfonamides is 1. The molecule has 9 nitrogen and oxygen atoms in total. The summed E-state index contributed by atoms with van der Waals surface area (Å²) in [5, 5.41) is 0.499. The van der Waals surface area contributed by atoms with Crippen molar-refractivity contribution < 1.29 is 18.0 Å². The number of aromatic nitrogens is 1. The highest BCUT2D eigenvalue weighted by molar-refractivity contribution is 7.90. The summed E-state index contributed by atoms with van der Waals surface area (Å²) in [5.74, 6) is -0.0956. The van der Waals surface area contributed by atoms with Crippen molar-refractivity contribution in [3.8, 4) is 0 Å². The van der Waals surface area contributed by atoms with Gasteiger partial charge in [0, 0.05) is 55.5 Å². The lowest BCUT2D eigenvalue weighted by Crippen LogP contribution is -2.41. The van der Waals surface area contributed by atoms with Gasteiger partial charge in [-0.3, -0.25) is 9.59 Å². The summed E-state index contributed by atoms with van der Waals surface area (Å²) in [5.41, 5.74) is 2.57. The van der Waals surface area contributed by atoms with Crippen LogP contribution >= 0.6 is 11.6 Å². The molecule has 3 heterocycles. The van der Waals surface area contributed by atoms with Crippen molar-refractivity contribution in [3.05, 3.63) is 88.6 Å². The maximum atomic E-state index is 13.7. The molecule has 1 aromatic heterocycles. The van der Waals surface area contributed by atoms with E-state index in [1.807, 2.05) is 14.1 Å². The van der Waals surface area contributed by atoms with Crippen molar-refractivity contribution in [2.24, 2.45) is 5.92 Å². The van der Waals surface area contributed by atoms with Crippen LogP contribution in [0.1, 0.15) is 60.0 Å². The Morgan fingerprint density at radius 1 is 1.07 bits per heavy atom. The molecule has 2 amide bonds. The average molecular weight is 636 g/mol. The van der Waals surface area contributed by atoms with Gasteiger partial charge in [-0.25, -0.2) is 18.1 Å². The first-order valence-electron chi connectivity index (χ1n) is 14.6. The van der Waals surface area contributed by atoms with E-state index >= 15 is 0 Å². The molecule has 1 saturated heterocycles. The van der Waals surface area contributed by atoms with Crippen LogP contribution in [0.3, 0.4) is 0 Å². The zero-order valence-electron chi connectivity index (χ0n) is 25.7. The normalized spacial score (nSPS) is 18.1. The van der Waals surface area contributed by atoms with Crippen LogP contribution in [0.25, 0.3) is 5.57 Å². The summed E-state index contributed by atoms with van der Waals surface area (Å²) >= 11 is 6.13. The van der Waals surface area contributed by atoms with Gasteiger partial charge in [-0.1, -0.05) is 36.7 Å². The van der Waals surface area contributed by atoms with Crippen LogP contribution in [0.5, 0.6) is 0 Å². The van der Waals surface area contributed by atoms with Crippen molar-refractivity contribution in [2.45, 2.75) is 44.0 Å². The molecule has 0 unspecified atom stereocenters. The molecule has 2 aromatic carbocycles. The SMILES string of the molecule is C[C@@H]1CN(c2nc(C3=CCCN(C(=O)c4cccc(Cl)c4)C3)ccc2C(=O)NS(=O)(=O)c2cccc(N(C)C)c2)C(C)(C)C1. The molecular formula is C33H38ClN5O4S. The molecule has 0 radical (unpaired) electrons. The van der Waals surface area contributed by atoms with Gasteiger partial charge in [0.15, 0.2) is 0 Å². The summed E-state index contributed by atoms with van der Waals surface area (Å²) in [4.78, 5) is 37.6. The third-order valence-electron chi connectivity index (χ3n) is 8.16. The van der Waals surface area contributed by atoms with E-state index in [1.54, 1.807) is 58.3 Å². The zero-order chi connectivity index (χ0) is 31.8. The van der Waals surface area contributed by atoms with Crippen molar-refractivity contribution >= 4 is 50.5 Å². The number of anilines is 2. The first-order valence-corrected chi connectivity index (χ1v) is 16.5. The standard InChI is InChI=1S/C33H38ClN5O4S/c1-22-19-33(2,3)39(20-22)30-28(31(40)36-44(42,43)27-13-7-12-26(18-27)37(4)5)14-15-29(35-30)24-10-8-16-38(21-24)32(41)23-9-6-11-25(34)17-23/h6-7,9-15,17-18,22H,8,16,19-21H2,1-5H3,(H,36,40)/t22-/m0/s1. The molecule has 0 aliphatic carbocycles. The van der Waals surface area contributed by atoms with E-state index in [9.17, 15) is 18.0 Å². The Morgan fingerprint density at radius 2 is 1.82 bits per heavy atom. The predicted molar refractivity (Wildman–Crippen MR) is 175 cm³/mol. The second kappa shape index (κ2) is 12.2. The number of amides is 2. The van der Waals surface area contributed by atoms with Gasteiger partial charge in [0.2, 0.25) is 0 Å². The highest BCUT2D eigenvalue weighted by atomic mass is 35.5. The molecule has 1 N–H and O–H groups in total. The second-order valence-corrected chi connectivity index (χ2v) is 14.5. The third kappa shape index (κ3) is 6.61. The monoisotopic (exact) mass is 635 g/mol. The van der Waals surface area contributed by atoms with Gasteiger partial charge in [0.1, 0.15) is 5.82 Å². The minimum absolute atomic E-state index is 0.00451. The molecule has 5 rings (SSSR count). The second-order valence-electron chi connectivity index (χ2n) is 12.4. The summed E-state index contributed by atoms with van der Waals surface area (Å²) in [6, 6.07) is 16.7. The number of halogens is 1. The minimum atomic E-state index is -4.16. The lowest BCUT2D eigenvalue weighted by molar-refractivity contribution is 0.0774. The fourth-order valence-electron chi connectivity index (χ4n) is 6.04. The molecule has 0 saturated carbocycles. The molecule has 1 atom stereocenters. The fourth-order valence-corrected chi connectivity index (χ4v) is 7.24. The first-order chi connectivity index (χ1) is 20.7. The van der Waals surface area contributed by atoms with Gasteiger partial charge in [0.05, 0.1) is 16.2 Å². The molecule has 2 aliphatic rings. The number of carbonyl (C=O) groups excluding carboxylic acids is 2. The third-order valence-corrected chi connectivity index (χ3v) is 9.72. The predicted octanol–water partition coefficient (Wildman–Crippen LogP) is 5.47. The number of benzene rings is 2. The largest absolute Gasteiger partial charge is 0.378 e. The Hall–Kier alpha value is -3.89. The van der Waals surface area contributed by atoms with Crippen molar-refractivity contribution in [1.82, 2.24) is 14.6 Å². The van der Waals surface area contributed by atoms with E-state index < -0.39 is 15.9 Å². The van der Waals surface area contributed by atoms with Crippen molar-refractivity contribution in [3.63, 3.8) is 0 Å². The number of carbonyl (C=O) groups is 2. The Balaban J connectivity index is 1.48. The van der Waals surface area contributed by atoms with Crippen LogP contribution < -0.4 is 14.5 Å². The first kappa shape index (κ1) is 31.5. The maximum Gasteiger partial charge on any atom is 0.268 e. The summed E-state index contributed by atoms with van der Waals surface area (Å²) in [7, 11) is -0.525. The van der Waals surface area contributed by atoms with Crippen LogP contribution in [0, 0.1) is 5.92 Å². The number of hydrogen-bond donors (Lipinski definition) is 1. The maximum absolute atomic E-state index is 13.7. The van der Waals surface area contributed by atoms with E-state index in [2.05, 4.69) is 36.5 Å². The Bertz CT molecular complexity index is 1740. The number of nitrogens with one attached hydrogen (secondary N) is 1. The molecule has 1 fully saturated rings. The quantitative estimate of drug-likeness (QED) is 0.367. The van der Waals surface area contributed by atoms with Crippen LogP contribution in [0.15, 0.2) is 71.6 Å². The lowest BCUT2D eigenvalue weighted by Gasteiger charge is -2.34. The van der Waals surface area contributed by atoms with E-state index in [0.29, 0.717) is 59.8 Å². The van der Waals surface area contributed by atoms with Crippen molar-refractivity contribution in [2.75, 3.05) is 43.5 Å². The van der Waals surface area contributed by atoms with Gasteiger partial charge < -0.3 is 14.7 Å². The van der Waals surface area contributed by atoms with Gasteiger partial charge in [0.25, 0.3) is 21.8 Å². The van der Waals surface area contributed by atoms with Crippen LogP contribution in [0.2, 0.25) is 5.02 Å². The molecular weight excluding hydrogens is 598 g/mol. The van der Waals surface area contributed by atoms with E-state index in [1.165, 1.54) is 12.1 Å². The Kier molecular flexibility index (Phi) is 8.77. The van der Waals surface area contributed by atoms with Gasteiger partial charge in [-0.05, 0) is 86.7 Å². The van der Waals surface area contributed by atoms with Gasteiger partial charge in [-0.15, -0.1) is 0 Å². The fraction of sp³-hybridized carbons (Fsp3) is 0.364. The van der Waals surface area contributed by atoms with Gasteiger partial charge >= 0.3 is 0 Å². The lowest BCUT2D eigenvalue weighted by atomic mass is 9.97. The molecule has 0 bridgehead atoms. The van der Waals surface area contributed by atoms with Crippen molar-refractivity contribution in [1.29, 1.82) is 0 Å². The number of rotatable bonds is 7. The Labute approximate surface area is 264 Å². The molecule has 11 heteroatoms. The highest BCUT2D eigenvalue weighted by Gasteiger charge is 2.39. The smallest absolute Gasteiger partial charge is 0.268 e. The van der Waals surface area contributed by atoms with E-state index in [4.69, 9.17) is 16.6 Å². The molecule has 44 heavy (non-hydrogen) atoms. The van der Waals surface area contributed by atoms with Crippen LogP contribution in [-0.2, 0) is 10.0 Å². The molecule has 3 aromatic rings. The van der Waals surface area contributed by atoms with E-state index in [-0.39, 0.29) is 21.9 Å². The molecule has 2 aliphatic heterocycles. The number of pyridine rings is 1. The molecule has 232 valence electrons. The Morgan fingerprint density at radius 3 is 2.50 bits per heavy atom. The zero-order valence-corrected chi connectivity index (χ0v) is 27.2. The summed E-state index contributed by atoms with van der Waals surface area (Å²) in [6.45, 7) is 7.92. The summed E-state index contributed by atoms with van der Waals surface area (Å²) < 4.78 is 28.9. The van der Waals surface area contributed by atoms with Gasteiger partial charge in [-0.2, -0.15) is 0 Å². The molecule has 0 spiro atoms. The van der Waals surface area contributed by atoms with E-state index in [0.717, 1.165) is 12.0 Å². The number of hydrogen-bond acceptors (Lipinski definition) is 7. The number of nitrogens with zero attached hydrogens (tertiary/aromatic N) is 4. The summed E-state index contributed by atoms with van der Waals surface area (Å²) in [6.07, 6.45) is 3.60. The highest BCUT2D eigenvalue weighted by Crippen LogP contribution is 2.38. The van der Waals surface area contributed by atoms with Crippen LogP contribution in [0.4, 0.5) is 11.5 Å². The van der Waals surface area contributed by atoms with Crippen LogP contribution in [-0.4, -0.2) is 69.4 Å².